The predicted octanol–water partition coefficient (Wildman–Crippen LogP) is 3.05. The van der Waals surface area contributed by atoms with Crippen LogP contribution in [0.5, 0.6) is 0 Å². The van der Waals surface area contributed by atoms with Crippen LogP contribution in [0.1, 0.15) is 13.3 Å². The molecule has 0 fully saturated rings. The maximum atomic E-state index is 11.0. The highest BCUT2D eigenvalue weighted by molar-refractivity contribution is 7.99. The summed E-state index contributed by atoms with van der Waals surface area (Å²) in [4.78, 5) is 22.7. The molecule has 6 nitrogen and oxygen atoms in total. The number of rotatable bonds is 4. The van der Waals surface area contributed by atoms with Crippen LogP contribution in [0.25, 0.3) is 11.0 Å². The van der Waals surface area contributed by atoms with Crippen molar-refractivity contribution >= 4 is 29.0 Å². The van der Waals surface area contributed by atoms with Gasteiger partial charge in [-0.25, -0.2) is 4.98 Å². The van der Waals surface area contributed by atoms with Crippen LogP contribution in [0.15, 0.2) is 45.7 Å². The van der Waals surface area contributed by atoms with Crippen molar-refractivity contribution < 1.29 is 4.92 Å². The van der Waals surface area contributed by atoms with E-state index in [4.69, 9.17) is 0 Å². The van der Waals surface area contributed by atoms with Gasteiger partial charge in [0, 0.05) is 22.5 Å². The molecule has 1 aliphatic heterocycles. The van der Waals surface area contributed by atoms with E-state index in [2.05, 4.69) is 15.0 Å². The summed E-state index contributed by atoms with van der Waals surface area (Å²) in [5.74, 6) is 0.576. The van der Waals surface area contributed by atoms with Gasteiger partial charge in [0.05, 0.1) is 23.2 Å². The lowest BCUT2D eigenvalue weighted by Crippen LogP contribution is -2.25. The van der Waals surface area contributed by atoms with Gasteiger partial charge in [0.1, 0.15) is 0 Å². The largest absolute Gasteiger partial charge is 0.333 e. The van der Waals surface area contributed by atoms with E-state index in [9.17, 15) is 10.1 Å². The molecule has 3 rings (SSSR count). The fourth-order valence-electron chi connectivity index (χ4n) is 2.26. The number of nitrogens with zero attached hydrogens (tertiary/aromatic N) is 3. The number of aromatic nitrogens is 2. The minimum Gasteiger partial charge on any atom is -0.333 e. The second-order valence-corrected chi connectivity index (χ2v) is 5.79. The van der Waals surface area contributed by atoms with Crippen LogP contribution < -0.4 is 0 Å². The number of imidazole rings is 1. The lowest BCUT2D eigenvalue weighted by atomic mass is 10.0. The molecule has 0 saturated carbocycles. The third-order valence-electron chi connectivity index (χ3n) is 3.50. The second-order valence-electron chi connectivity index (χ2n) is 4.83. The van der Waals surface area contributed by atoms with Crippen molar-refractivity contribution in [1.29, 1.82) is 0 Å². The molecule has 0 amide bonds. The molecule has 1 N–H and O–H groups in total. The number of aromatic amines is 1. The van der Waals surface area contributed by atoms with Crippen LogP contribution in [-0.4, -0.2) is 32.9 Å². The molecule has 0 bridgehead atoms. The van der Waals surface area contributed by atoms with Crippen LogP contribution in [0.4, 0.5) is 0 Å². The van der Waals surface area contributed by atoms with E-state index in [1.807, 2.05) is 24.3 Å². The first kappa shape index (κ1) is 13.8. The number of para-hydroxylation sites is 2. The standard InChI is InChI=1S/C14H14N4O2S/c1-9-12(15-7-6-13(9)18(19)20)8-21-14-16-10-4-2-3-5-11(10)17-14/h2-5,7,13H,6,8H2,1H3,(H,16,17). The SMILES string of the molecule is CC1=C(CSc2nc3ccccc3[nH]2)N=CCC1[N+](=O)[O-]. The van der Waals surface area contributed by atoms with Crippen LogP contribution in [0.2, 0.25) is 0 Å². The zero-order valence-electron chi connectivity index (χ0n) is 11.4. The highest BCUT2D eigenvalue weighted by atomic mass is 32.2. The molecule has 0 aliphatic carbocycles. The average molecular weight is 302 g/mol. The molecule has 2 aromatic rings. The normalized spacial score (nSPS) is 18.4. The van der Waals surface area contributed by atoms with E-state index in [0.29, 0.717) is 12.2 Å². The van der Waals surface area contributed by atoms with E-state index in [0.717, 1.165) is 27.5 Å². The maximum absolute atomic E-state index is 11.0. The van der Waals surface area contributed by atoms with Crippen molar-refractivity contribution in [2.75, 3.05) is 5.75 Å². The number of benzene rings is 1. The first-order valence-electron chi connectivity index (χ1n) is 6.58. The fourth-order valence-corrected chi connectivity index (χ4v) is 3.18. The summed E-state index contributed by atoms with van der Waals surface area (Å²) in [6.07, 6.45) is 2.01. The smallest absolute Gasteiger partial charge is 0.240 e. The fraction of sp³-hybridized carbons (Fsp3) is 0.286. The Bertz CT molecular complexity index is 717. The summed E-state index contributed by atoms with van der Waals surface area (Å²) in [7, 11) is 0. The molecule has 108 valence electrons. The van der Waals surface area contributed by atoms with Gasteiger partial charge >= 0.3 is 0 Å². The van der Waals surface area contributed by atoms with Gasteiger partial charge < -0.3 is 4.98 Å². The Morgan fingerprint density at radius 3 is 3.05 bits per heavy atom. The number of nitrogens with one attached hydrogen (secondary N) is 1. The first-order valence-corrected chi connectivity index (χ1v) is 7.57. The molecule has 0 spiro atoms. The van der Waals surface area contributed by atoms with E-state index < -0.39 is 6.04 Å². The van der Waals surface area contributed by atoms with Crippen molar-refractivity contribution in [3.05, 3.63) is 45.6 Å². The van der Waals surface area contributed by atoms with Crippen molar-refractivity contribution in [2.24, 2.45) is 4.99 Å². The highest BCUT2D eigenvalue weighted by Gasteiger charge is 2.26. The minimum absolute atomic E-state index is 0.244. The summed E-state index contributed by atoms with van der Waals surface area (Å²) >= 11 is 1.51. The van der Waals surface area contributed by atoms with Gasteiger partial charge in [-0.05, 0) is 19.1 Å². The van der Waals surface area contributed by atoms with E-state index in [-0.39, 0.29) is 4.92 Å². The highest BCUT2D eigenvalue weighted by Crippen LogP contribution is 2.26. The van der Waals surface area contributed by atoms with Gasteiger partial charge in [-0.1, -0.05) is 23.9 Å². The van der Waals surface area contributed by atoms with E-state index >= 15 is 0 Å². The third kappa shape index (κ3) is 2.82. The van der Waals surface area contributed by atoms with E-state index in [1.165, 1.54) is 11.8 Å². The first-order chi connectivity index (χ1) is 10.1. The summed E-state index contributed by atoms with van der Waals surface area (Å²) in [5.41, 5.74) is 3.42. The molecule has 1 unspecified atom stereocenters. The number of hydrogen-bond donors (Lipinski definition) is 1. The lowest BCUT2D eigenvalue weighted by Gasteiger charge is -2.15. The molecule has 2 heterocycles. The third-order valence-corrected chi connectivity index (χ3v) is 4.38. The Morgan fingerprint density at radius 1 is 1.48 bits per heavy atom. The summed E-state index contributed by atoms with van der Waals surface area (Å²) in [5, 5.41) is 11.8. The Balaban J connectivity index is 1.76. The van der Waals surface area contributed by atoms with Gasteiger partial charge in [0.2, 0.25) is 6.04 Å². The topological polar surface area (TPSA) is 84.2 Å². The summed E-state index contributed by atoms with van der Waals surface area (Å²) < 4.78 is 0. The molecule has 1 aromatic heterocycles. The van der Waals surface area contributed by atoms with Crippen LogP contribution in [-0.2, 0) is 0 Å². The van der Waals surface area contributed by atoms with Crippen molar-refractivity contribution in [3.63, 3.8) is 0 Å². The van der Waals surface area contributed by atoms with Crippen LogP contribution in [0.3, 0.4) is 0 Å². The molecule has 1 aliphatic rings. The number of nitro groups is 1. The quantitative estimate of drug-likeness (QED) is 0.534. The van der Waals surface area contributed by atoms with Gasteiger partial charge in [-0.2, -0.15) is 0 Å². The van der Waals surface area contributed by atoms with E-state index in [1.54, 1.807) is 13.1 Å². The number of thioether (sulfide) groups is 1. The predicted molar refractivity (Wildman–Crippen MR) is 83.4 cm³/mol. The Labute approximate surface area is 125 Å². The number of aliphatic imine (C=N–C) groups is 1. The zero-order valence-corrected chi connectivity index (χ0v) is 12.3. The lowest BCUT2D eigenvalue weighted by molar-refractivity contribution is -0.510. The molecule has 0 saturated heterocycles. The monoisotopic (exact) mass is 302 g/mol. The van der Waals surface area contributed by atoms with Gasteiger partial charge in [-0.15, -0.1) is 0 Å². The number of fused-ring (bicyclic) bond motifs is 1. The molecule has 21 heavy (non-hydrogen) atoms. The molecule has 7 heteroatoms. The Hall–Kier alpha value is -2.15. The molecule has 1 atom stereocenters. The van der Waals surface area contributed by atoms with Gasteiger partial charge in [0.15, 0.2) is 5.16 Å². The maximum Gasteiger partial charge on any atom is 0.240 e. The van der Waals surface area contributed by atoms with Gasteiger partial charge in [-0.3, -0.25) is 15.1 Å². The Morgan fingerprint density at radius 2 is 2.29 bits per heavy atom. The van der Waals surface area contributed by atoms with Crippen LogP contribution >= 0.6 is 11.8 Å². The summed E-state index contributed by atoms with van der Waals surface area (Å²) in [6.45, 7) is 1.79. The number of hydrogen-bond acceptors (Lipinski definition) is 5. The Kier molecular flexibility index (Phi) is 3.74. The zero-order chi connectivity index (χ0) is 14.8. The molecule has 0 radical (unpaired) electrons. The molecular weight excluding hydrogens is 288 g/mol. The van der Waals surface area contributed by atoms with Crippen molar-refractivity contribution in [2.45, 2.75) is 24.5 Å². The summed E-state index contributed by atoms with van der Waals surface area (Å²) in [6, 6.07) is 7.17. The van der Waals surface area contributed by atoms with Crippen molar-refractivity contribution in [1.82, 2.24) is 9.97 Å². The van der Waals surface area contributed by atoms with Crippen molar-refractivity contribution in [3.8, 4) is 0 Å². The van der Waals surface area contributed by atoms with Gasteiger partial charge in [0.25, 0.3) is 0 Å². The van der Waals surface area contributed by atoms with Crippen LogP contribution in [0, 0.1) is 10.1 Å². The average Bonchev–Trinajstić information content (AvgIpc) is 2.88. The second kappa shape index (κ2) is 5.69. The molecular formula is C14H14N4O2S. The number of H-pyrrole nitrogens is 1. The molecule has 1 aromatic carbocycles. The minimum atomic E-state index is -0.645.